The highest BCUT2D eigenvalue weighted by atomic mass is 32.1. The van der Waals surface area contributed by atoms with Gasteiger partial charge in [-0.1, -0.05) is 12.2 Å². The second-order valence-corrected chi connectivity index (χ2v) is 4.41. The Morgan fingerprint density at radius 2 is 2.20 bits per heavy atom. The molecule has 0 aliphatic heterocycles. The molecule has 2 aromatic rings. The van der Waals surface area contributed by atoms with Crippen molar-refractivity contribution in [2.75, 3.05) is 7.11 Å². The molecule has 1 aromatic heterocycles. The number of hydrogen-bond acceptors (Lipinski definition) is 4. The van der Waals surface area contributed by atoms with Gasteiger partial charge in [-0.2, -0.15) is 0 Å². The van der Waals surface area contributed by atoms with Gasteiger partial charge in [-0.25, -0.2) is 9.37 Å². The van der Waals surface area contributed by atoms with Gasteiger partial charge in [0.05, 0.1) is 12.7 Å². The summed E-state index contributed by atoms with van der Waals surface area (Å²) in [6.07, 6.45) is 1.61. The van der Waals surface area contributed by atoms with Crippen LogP contribution in [-0.2, 0) is 6.61 Å². The lowest BCUT2D eigenvalue weighted by molar-refractivity contribution is 0.280. The first kappa shape index (κ1) is 14.2. The monoisotopic (exact) mass is 292 g/mol. The summed E-state index contributed by atoms with van der Waals surface area (Å²) < 4.78 is 24.3. The highest BCUT2D eigenvalue weighted by molar-refractivity contribution is 7.80. The summed E-state index contributed by atoms with van der Waals surface area (Å²) in [6, 6.07) is 7.91. The van der Waals surface area contributed by atoms with Crippen molar-refractivity contribution in [2.24, 2.45) is 5.73 Å². The van der Waals surface area contributed by atoms with Crippen LogP contribution in [0.5, 0.6) is 11.6 Å². The summed E-state index contributed by atoms with van der Waals surface area (Å²) in [5.74, 6) is 0.0572. The van der Waals surface area contributed by atoms with Crippen molar-refractivity contribution >= 4 is 17.2 Å². The number of ether oxygens (including phenoxy) is 2. The van der Waals surface area contributed by atoms with Crippen molar-refractivity contribution in [3.8, 4) is 11.6 Å². The first-order chi connectivity index (χ1) is 9.61. The van der Waals surface area contributed by atoms with Gasteiger partial charge >= 0.3 is 0 Å². The number of hydrogen-bond donors (Lipinski definition) is 1. The fourth-order valence-electron chi connectivity index (χ4n) is 1.64. The van der Waals surface area contributed by atoms with E-state index in [9.17, 15) is 4.39 Å². The van der Waals surface area contributed by atoms with Crippen LogP contribution in [0.1, 0.15) is 11.1 Å². The van der Waals surface area contributed by atoms with E-state index in [1.54, 1.807) is 24.4 Å². The maximum Gasteiger partial charge on any atom is 0.219 e. The summed E-state index contributed by atoms with van der Waals surface area (Å²) in [5.41, 5.74) is 6.63. The first-order valence-electron chi connectivity index (χ1n) is 5.82. The van der Waals surface area contributed by atoms with Gasteiger partial charge in [0.2, 0.25) is 5.88 Å². The standard InChI is InChI=1S/C14H13FN2O2S/c1-18-14-10(3-2-6-17-14)8-19-12-5-4-9(13(16)20)7-11(12)15/h2-7H,8H2,1H3,(H2,16,20). The largest absolute Gasteiger partial charge is 0.486 e. The smallest absolute Gasteiger partial charge is 0.219 e. The Morgan fingerprint density at radius 3 is 2.85 bits per heavy atom. The number of aromatic nitrogens is 1. The molecule has 4 nitrogen and oxygen atoms in total. The predicted octanol–water partition coefficient (Wildman–Crippen LogP) is 2.44. The Labute approximate surface area is 121 Å². The average Bonchev–Trinajstić information content (AvgIpc) is 2.46. The number of nitrogens with two attached hydrogens (primary N) is 1. The number of rotatable bonds is 5. The molecule has 104 valence electrons. The number of thiocarbonyl (C=S) groups is 1. The van der Waals surface area contributed by atoms with Crippen LogP contribution in [0.3, 0.4) is 0 Å². The third-order valence-corrected chi connectivity index (χ3v) is 2.88. The molecule has 0 saturated carbocycles. The van der Waals surface area contributed by atoms with Gasteiger partial charge in [0, 0.05) is 11.8 Å². The van der Waals surface area contributed by atoms with E-state index in [0.29, 0.717) is 11.4 Å². The molecule has 0 radical (unpaired) electrons. The van der Waals surface area contributed by atoms with Crippen LogP contribution in [0.2, 0.25) is 0 Å². The molecule has 0 spiro atoms. The van der Waals surface area contributed by atoms with Crippen LogP contribution in [0.4, 0.5) is 4.39 Å². The van der Waals surface area contributed by atoms with Crippen molar-refractivity contribution in [1.82, 2.24) is 4.98 Å². The van der Waals surface area contributed by atoms with E-state index < -0.39 is 5.82 Å². The number of pyridine rings is 1. The molecule has 1 heterocycles. The molecule has 1 aromatic carbocycles. The minimum atomic E-state index is -0.516. The van der Waals surface area contributed by atoms with Gasteiger partial charge in [-0.15, -0.1) is 0 Å². The van der Waals surface area contributed by atoms with E-state index in [1.807, 2.05) is 0 Å². The molecule has 0 aliphatic rings. The number of nitrogens with zero attached hydrogens (tertiary/aromatic N) is 1. The van der Waals surface area contributed by atoms with Crippen molar-refractivity contribution in [2.45, 2.75) is 6.61 Å². The molecule has 6 heteroatoms. The Bertz CT molecular complexity index is 634. The molecule has 0 atom stereocenters. The molecule has 0 amide bonds. The van der Waals surface area contributed by atoms with Gasteiger partial charge in [-0.05, 0) is 30.3 Å². The van der Waals surface area contributed by atoms with Crippen LogP contribution >= 0.6 is 12.2 Å². The zero-order valence-electron chi connectivity index (χ0n) is 10.8. The summed E-state index contributed by atoms with van der Waals surface area (Å²) in [5, 5.41) is 0. The fourth-order valence-corrected chi connectivity index (χ4v) is 1.77. The molecule has 0 fully saturated rings. The summed E-state index contributed by atoms with van der Waals surface area (Å²) in [7, 11) is 1.52. The van der Waals surface area contributed by atoms with E-state index in [2.05, 4.69) is 4.98 Å². The van der Waals surface area contributed by atoms with Crippen LogP contribution < -0.4 is 15.2 Å². The van der Waals surface area contributed by atoms with Gasteiger partial charge < -0.3 is 15.2 Å². The highest BCUT2D eigenvalue weighted by Gasteiger charge is 2.09. The second kappa shape index (κ2) is 6.29. The highest BCUT2D eigenvalue weighted by Crippen LogP contribution is 2.21. The SMILES string of the molecule is COc1ncccc1COc1ccc(C(N)=S)cc1F. The number of halogens is 1. The van der Waals surface area contributed by atoms with Gasteiger partial charge in [-0.3, -0.25) is 0 Å². The normalized spacial score (nSPS) is 10.1. The minimum absolute atomic E-state index is 0.121. The van der Waals surface area contributed by atoms with Gasteiger partial charge in [0.25, 0.3) is 0 Å². The molecule has 0 saturated heterocycles. The quantitative estimate of drug-likeness (QED) is 0.858. The molecule has 0 aliphatic carbocycles. The molecule has 0 unspecified atom stereocenters. The van der Waals surface area contributed by atoms with E-state index in [4.69, 9.17) is 27.4 Å². The number of methoxy groups -OCH3 is 1. The topological polar surface area (TPSA) is 57.4 Å². The molecule has 0 bridgehead atoms. The van der Waals surface area contributed by atoms with Crippen LogP contribution in [0.15, 0.2) is 36.5 Å². The van der Waals surface area contributed by atoms with Crippen LogP contribution in [0, 0.1) is 5.82 Å². The molecular weight excluding hydrogens is 279 g/mol. The zero-order valence-corrected chi connectivity index (χ0v) is 11.6. The average molecular weight is 292 g/mol. The third kappa shape index (κ3) is 3.21. The lowest BCUT2D eigenvalue weighted by Gasteiger charge is -2.10. The van der Waals surface area contributed by atoms with Crippen LogP contribution in [0.25, 0.3) is 0 Å². The lowest BCUT2D eigenvalue weighted by atomic mass is 10.2. The molecule has 2 rings (SSSR count). The summed E-state index contributed by atoms with van der Waals surface area (Å²) in [6.45, 7) is 0.153. The van der Waals surface area contributed by atoms with E-state index in [1.165, 1.54) is 19.2 Å². The first-order valence-corrected chi connectivity index (χ1v) is 6.22. The van der Waals surface area contributed by atoms with Crippen molar-refractivity contribution in [3.63, 3.8) is 0 Å². The predicted molar refractivity (Wildman–Crippen MR) is 77.4 cm³/mol. The summed E-state index contributed by atoms with van der Waals surface area (Å²) >= 11 is 4.78. The molecule has 2 N–H and O–H groups in total. The second-order valence-electron chi connectivity index (χ2n) is 3.97. The van der Waals surface area contributed by atoms with Crippen LogP contribution in [-0.4, -0.2) is 17.1 Å². The third-order valence-electron chi connectivity index (χ3n) is 2.64. The van der Waals surface area contributed by atoms with Crippen molar-refractivity contribution in [3.05, 3.63) is 53.5 Å². The van der Waals surface area contributed by atoms with E-state index in [-0.39, 0.29) is 17.3 Å². The van der Waals surface area contributed by atoms with Crippen molar-refractivity contribution < 1.29 is 13.9 Å². The molecular formula is C14H13FN2O2S. The maximum atomic E-state index is 13.8. The van der Waals surface area contributed by atoms with Crippen molar-refractivity contribution in [1.29, 1.82) is 0 Å². The summed E-state index contributed by atoms with van der Waals surface area (Å²) in [4.78, 5) is 4.18. The Morgan fingerprint density at radius 1 is 1.40 bits per heavy atom. The minimum Gasteiger partial charge on any atom is -0.486 e. The lowest BCUT2D eigenvalue weighted by Crippen LogP contribution is -2.10. The van der Waals surface area contributed by atoms with E-state index in [0.717, 1.165) is 5.56 Å². The Hall–Kier alpha value is -2.21. The van der Waals surface area contributed by atoms with Gasteiger partial charge in [0.15, 0.2) is 11.6 Å². The Balaban J connectivity index is 2.13. The maximum absolute atomic E-state index is 13.8. The van der Waals surface area contributed by atoms with Gasteiger partial charge in [0.1, 0.15) is 11.6 Å². The fraction of sp³-hybridized carbons (Fsp3) is 0.143. The Kier molecular flexibility index (Phi) is 4.47. The zero-order chi connectivity index (χ0) is 14.5. The molecule has 20 heavy (non-hydrogen) atoms. The van der Waals surface area contributed by atoms with E-state index >= 15 is 0 Å². The number of benzene rings is 1.